The maximum absolute atomic E-state index is 11.2. The highest BCUT2D eigenvalue weighted by Gasteiger charge is 2.17. The standard InChI is InChI=1S/C11H16O3/c12-10-3-1-2-9(8-10)4-5-11-13-6-7-14-11/h2,11H,1,3-8H2. The van der Waals surface area contributed by atoms with Gasteiger partial charge in [0, 0.05) is 19.3 Å². The number of rotatable bonds is 3. The summed E-state index contributed by atoms with van der Waals surface area (Å²) < 4.78 is 10.7. The molecule has 3 heteroatoms. The zero-order chi connectivity index (χ0) is 9.80. The van der Waals surface area contributed by atoms with Gasteiger partial charge in [0.15, 0.2) is 6.29 Å². The number of hydrogen-bond acceptors (Lipinski definition) is 3. The van der Waals surface area contributed by atoms with E-state index >= 15 is 0 Å². The van der Waals surface area contributed by atoms with Gasteiger partial charge in [0.05, 0.1) is 13.2 Å². The molecule has 3 nitrogen and oxygen atoms in total. The second kappa shape index (κ2) is 4.71. The Bertz CT molecular complexity index is 239. The van der Waals surface area contributed by atoms with Gasteiger partial charge in [-0.05, 0) is 12.8 Å². The Morgan fingerprint density at radius 2 is 2.14 bits per heavy atom. The molecule has 0 saturated carbocycles. The molecule has 2 aliphatic rings. The zero-order valence-electron chi connectivity index (χ0n) is 8.33. The van der Waals surface area contributed by atoms with Crippen molar-refractivity contribution in [2.24, 2.45) is 0 Å². The Morgan fingerprint density at radius 3 is 2.86 bits per heavy atom. The maximum atomic E-state index is 11.2. The topological polar surface area (TPSA) is 35.5 Å². The van der Waals surface area contributed by atoms with Gasteiger partial charge in [-0.2, -0.15) is 0 Å². The zero-order valence-corrected chi connectivity index (χ0v) is 8.33. The molecule has 2 rings (SSSR count). The second-order valence-electron chi connectivity index (χ2n) is 3.83. The van der Waals surface area contributed by atoms with Crippen LogP contribution in [0.4, 0.5) is 0 Å². The number of hydrogen-bond donors (Lipinski definition) is 0. The average Bonchev–Trinajstić information content (AvgIpc) is 2.67. The summed E-state index contributed by atoms with van der Waals surface area (Å²) in [6.45, 7) is 1.42. The molecule has 0 aromatic heterocycles. The van der Waals surface area contributed by atoms with Crippen LogP contribution in [-0.2, 0) is 14.3 Å². The Balaban J connectivity index is 1.74. The van der Waals surface area contributed by atoms with Crippen molar-refractivity contribution in [2.45, 2.75) is 38.4 Å². The Morgan fingerprint density at radius 1 is 1.36 bits per heavy atom. The summed E-state index contributed by atoms with van der Waals surface area (Å²) in [6, 6.07) is 0. The minimum absolute atomic E-state index is 0.0343. The first kappa shape index (κ1) is 9.87. The molecular formula is C11H16O3. The molecule has 1 saturated heterocycles. The minimum Gasteiger partial charge on any atom is -0.350 e. The first-order valence-corrected chi connectivity index (χ1v) is 5.27. The lowest BCUT2D eigenvalue weighted by molar-refractivity contribution is -0.118. The number of Topliss-reactive ketones (excluding diaryl/α,β-unsaturated/α-hetero) is 1. The summed E-state index contributed by atoms with van der Waals surface area (Å²) in [7, 11) is 0. The lowest BCUT2D eigenvalue weighted by atomic mass is 9.95. The molecule has 78 valence electrons. The third kappa shape index (κ3) is 2.66. The van der Waals surface area contributed by atoms with Crippen LogP contribution in [0.5, 0.6) is 0 Å². The van der Waals surface area contributed by atoms with Crippen LogP contribution >= 0.6 is 0 Å². The van der Waals surface area contributed by atoms with E-state index in [1.54, 1.807) is 0 Å². The molecule has 1 aliphatic carbocycles. The molecule has 0 unspecified atom stereocenters. The predicted octanol–water partition coefficient (Wildman–Crippen LogP) is 1.82. The van der Waals surface area contributed by atoms with E-state index < -0.39 is 0 Å². The third-order valence-electron chi connectivity index (χ3n) is 2.67. The smallest absolute Gasteiger partial charge is 0.158 e. The summed E-state index contributed by atoms with van der Waals surface area (Å²) >= 11 is 0. The molecular weight excluding hydrogens is 180 g/mol. The fraction of sp³-hybridized carbons (Fsp3) is 0.727. The SMILES string of the molecule is O=C1CCC=C(CCC2OCCO2)C1. The second-order valence-corrected chi connectivity index (χ2v) is 3.83. The summed E-state index contributed by atoms with van der Waals surface area (Å²) in [5, 5.41) is 0. The normalized spacial score (nSPS) is 24.0. The van der Waals surface area contributed by atoms with Crippen molar-refractivity contribution in [3.05, 3.63) is 11.6 Å². The molecule has 0 aromatic carbocycles. The van der Waals surface area contributed by atoms with E-state index in [0.717, 1.165) is 25.7 Å². The fourth-order valence-electron chi connectivity index (χ4n) is 1.92. The van der Waals surface area contributed by atoms with Gasteiger partial charge in [-0.15, -0.1) is 0 Å². The van der Waals surface area contributed by atoms with Crippen molar-refractivity contribution in [1.29, 1.82) is 0 Å². The van der Waals surface area contributed by atoms with Crippen LogP contribution in [0.1, 0.15) is 32.1 Å². The van der Waals surface area contributed by atoms with Gasteiger partial charge < -0.3 is 9.47 Å². The molecule has 1 fully saturated rings. The highest BCUT2D eigenvalue weighted by molar-refractivity contribution is 5.82. The van der Waals surface area contributed by atoms with Gasteiger partial charge in [-0.3, -0.25) is 4.79 Å². The number of ether oxygens (including phenoxy) is 2. The van der Waals surface area contributed by atoms with Crippen molar-refractivity contribution >= 4 is 5.78 Å². The molecule has 0 spiro atoms. The van der Waals surface area contributed by atoms with Crippen LogP contribution in [0.15, 0.2) is 11.6 Å². The van der Waals surface area contributed by atoms with Crippen LogP contribution < -0.4 is 0 Å². The van der Waals surface area contributed by atoms with Crippen molar-refractivity contribution in [3.63, 3.8) is 0 Å². The van der Waals surface area contributed by atoms with E-state index in [-0.39, 0.29) is 6.29 Å². The summed E-state index contributed by atoms with van der Waals surface area (Å²) in [5.41, 5.74) is 1.26. The molecule has 14 heavy (non-hydrogen) atoms. The van der Waals surface area contributed by atoms with Crippen LogP contribution in [-0.4, -0.2) is 25.3 Å². The highest BCUT2D eigenvalue weighted by Crippen LogP contribution is 2.21. The van der Waals surface area contributed by atoms with E-state index in [1.807, 2.05) is 0 Å². The molecule has 0 atom stereocenters. The van der Waals surface area contributed by atoms with Crippen LogP contribution in [0, 0.1) is 0 Å². The van der Waals surface area contributed by atoms with Crippen molar-refractivity contribution in [2.75, 3.05) is 13.2 Å². The van der Waals surface area contributed by atoms with Crippen LogP contribution in [0.3, 0.4) is 0 Å². The largest absolute Gasteiger partial charge is 0.350 e. The monoisotopic (exact) mass is 196 g/mol. The Hall–Kier alpha value is -0.670. The average molecular weight is 196 g/mol. The summed E-state index contributed by atoms with van der Waals surface area (Å²) in [6.07, 6.45) is 6.27. The number of carbonyl (C=O) groups is 1. The molecule has 0 N–H and O–H groups in total. The molecule has 0 radical (unpaired) electrons. The lowest BCUT2D eigenvalue weighted by Gasteiger charge is -2.13. The van der Waals surface area contributed by atoms with Crippen molar-refractivity contribution < 1.29 is 14.3 Å². The van der Waals surface area contributed by atoms with Crippen LogP contribution in [0.25, 0.3) is 0 Å². The van der Waals surface area contributed by atoms with E-state index in [4.69, 9.17) is 9.47 Å². The van der Waals surface area contributed by atoms with Crippen molar-refractivity contribution in [1.82, 2.24) is 0 Å². The molecule has 1 heterocycles. The van der Waals surface area contributed by atoms with Gasteiger partial charge in [-0.25, -0.2) is 0 Å². The molecule has 0 amide bonds. The Labute approximate surface area is 84.1 Å². The van der Waals surface area contributed by atoms with E-state index in [1.165, 1.54) is 5.57 Å². The highest BCUT2D eigenvalue weighted by atomic mass is 16.7. The van der Waals surface area contributed by atoms with E-state index in [9.17, 15) is 4.79 Å². The van der Waals surface area contributed by atoms with Gasteiger partial charge in [0.25, 0.3) is 0 Å². The summed E-state index contributed by atoms with van der Waals surface area (Å²) in [4.78, 5) is 11.2. The van der Waals surface area contributed by atoms with E-state index in [2.05, 4.69) is 6.08 Å². The third-order valence-corrected chi connectivity index (χ3v) is 2.67. The number of carbonyl (C=O) groups excluding carboxylic acids is 1. The lowest BCUT2D eigenvalue weighted by Crippen LogP contribution is -2.10. The quantitative estimate of drug-likeness (QED) is 0.646. The predicted molar refractivity (Wildman–Crippen MR) is 51.9 cm³/mol. The first-order chi connectivity index (χ1) is 6.84. The van der Waals surface area contributed by atoms with Gasteiger partial charge in [0.1, 0.15) is 5.78 Å². The van der Waals surface area contributed by atoms with E-state index in [0.29, 0.717) is 25.4 Å². The van der Waals surface area contributed by atoms with Crippen LogP contribution in [0.2, 0.25) is 0 Å². The van der Waals surface area contributed by atoms with Gasteiger partial charge in [0.2, 0.25) is 0 Å². The molecule has 0 aromatic rings. The van der Waals surface area contributed by atoms with Crippen molar-refractivity contribution in [3.8, 4) is 0 Å². The van der Waals surface area contributed by atoms with Gasteiger partial charge >= 0.3 is 0 Å². The fourth-order valence-corrected chi connectivity index (χ4v) is 1.92. The molecule has 0 bridgehead atoms. The maximum Gasteiger partial charge on any atom is 0.158 e. The summed E-state index contributed by atoms with van der Waals surface area (Å²) in [5.74, 6) is 0.371. The number of ketones is 1. The minimum atomic E-state index is -0.0343. The number of allylic oxidation sites excluding steroid dienone is 2. The Kier molecular flexibility index (Phi) is 3.32. The first-order valence-electron chi connectivity index (χ1n) is 5.27. The van der Waals surface area contributed by atoms with Gasteiger partial charge in [-0.1, -0.05) is 11.6 Å². The molecule has 1 aliphatic heterocycles.